The smallest absolute Gasteiger partial charge is 0.297 e. The molecule has 0 spiro atoms. The van der Waals surface area contributed by atoms with Crippen LogP contribution in [-0.2, 0) is 32.2 Å². The fraction of sp³-hybridized carbons (Fsp3) is 0.900. The largest absolute Gasteiger partial charge is 0.486 e. The van der Waals surface area contributed by atoms with Gasteiger partial charge >= 0.3 is 0 Å². The first-order valence-corrected chi connectivity index (χ1v) is 4.42. The molecule has 1 heterocycles. The van der Waals surface area contributed by atoms with Crippen molar-refractivity contribution in [3.63, 3.8) is 0 Å². The van der Waals surface area contributed by atoms with Crippen LogP contribution in [0.4, 0.5) is 0 Å². The molecule has 0 N–H and O–H groups in total. The van der Waals surface area contributed by atoms with Crippen LogP contribution >= 0.6 is 7.60 Å². The van der Waals surface area contributed by atoms with E-state index in [1.807, 2.05) is 0 Å². The zero-order chi connectivity index (χ0) is 6.04. The summed E-state index contributed by atoms with van der Waals surface area (Å²) in [7, 11) is -2.64. The third kappa shape index (κ3) is 20.7. The van der Waals surface area contributed by atoms with Gasteiger partial charge in [0.05, 0.1) is 0 Å². The molecular formula is C10H32O3PV-. The normalized spacial score (nSPS) is 21.1. The maximum Gasteiger partial charge on any atom is 0.297 e. The van der Waals surface area contributed by atoms with Crippen molar-refractivity contribution < 1.29 is 32.2 Å². The van der Waals surface area contributed by atoms with E-state index in [4.69, 9.17) is 4.52 Å². The minimum Gasteiger partial charge on any atom is -0.486 e. The molecular weight excluding hydrogens is 250 g/mol. The molecule has 0 saturated carbocycles. The monoisotopic (exact) mass is 282 g/mol. The Labute approximate surface area is 111 Å². The average Bonchev–Trinajstić information content (AvgIpc) is 1.65. The Morgan fingerprint density at radius 2 is 1.47 bits per heavy atom. The van der Waals surface area contributed by atoms with Crippen molar-refractivity contribution in [2.24, 2.45) is 0 Å². The Hall–Kier alpha value is 0.734. The molecule has 15 heavy (non-hydrogen) atoms. The number of hydrogen-bond acceptors (Lipinski definition) is 3. The number of hydrogen-bond donors (Lipinski definition) is 0. The van der Waals surface area contributed by atoms with Crippen molar-refractivity contribution in [2.45, 2.75) is 51.0 Å². The molecule has 1 rings (SSSR count). The van der Waals surface area contributed by atoms with Gasteiger partial charge in [-0.25, -0.2) is 0 Å². The molecule has 0 aromatic carbocycles. The Morgan fingerprint density at radius 1 is 1.07 bits per heavy atom. The van der Waals surface area contributed by atoms with Crippen LogP contribution in [-0.4, -0.2) is 13.3 Å². The van der Waals surface area contributed by atoms with Crippen molar-refractivity contribution in [2.75, 3.05) is 13.3 Å². The van der Waals surface area contributed by atoms with E-state index in [9.17, 15) is 4.57 Å². The predicted molar refractivity (Wildman–Crippen MR) is 69.9 cm³/mol. The van der Waals surface area contributed by atoms with E-state index in [1.54, 1.807) is 0 Å². The second kappa shape index (κ2) is 20.2. The van der Waals surface area contributed by atoms with Gasteiger partial charge in [0.2, 0.25) is 0 Å². The van der Waals surface area contributed by atoms with Crippen molar-refractivity contribution in [1.29, 1.82) is 0 Å². The van der Waals surface area contributed by atoms with Gasteiger partial charge < -0.3 is 9.05 Å². The van der Waals surface area contributed by atoms with Gasteiger partial charge in [-0.05, 0) is 0 Å². The van der Waals surface area contributed by atoms with Crippen molar-refractivity contribution >= 4 is 7.60 Å². The molecule has 1 aliphatic heterocycles. The summed E-state index contributed by atoms with van der Waals surface area (Å²) in [6.07, 6.45) is 0.734. The van der Waals surface area contributed by atoms with Gasteiger partial charge in [0.15, 0.2) is 0 Å². The van der Waals surface area contributed by atoms with E-state index < -0.39 is 7.60 Å². The molecule has 0 aromatic heterocycles. The van der Waals surface area contributed by atoms with Gasteiger partial charge in [-0.15, -0.1) is 6.42 Å². The molecule has 1 aliphatic rings. The molecule has 1 atom stereocenters. The summed E-state index contributed by atoms with van der Waals surface area (Å²) in [5.74, 6) is 0. The maximum absolute atomic E-state index is 10.8. The van der Waals surface area contributed by atoms with Gasteiger partial charge in [0.1, 0.15) is 0 Å². The standard InChI is InChI=1S/C4H8O3P.6CH4.V/c1-8(5)6-3-2-4-7-8;;;;;;;/h3H,2,4H2,1H3;6*1H4;/q-1;;;;;;;. The van der Waals surface area contributed by atoms with Crippen LogP contribution in [0, 0.1) is 6.61 Å². The summed E-state index contributed by atoms with van der Waals surface area (Å²) in [6, 6.07) is 0. The first-order chi connectivity index (χ1) is 3.71. The van der Waals surface area contributed by atoms with E-state index in [2.05, 4.69) is 4.52 Å². The van der Waals surface area contributed by atoms with Crippen LogP contribution in [0.2, 0.25) is 0 Å². The molecule has 5 heteroatoms. The molecule has 101 valence electrons. The van der Waals surface area contributed by atoms with Crippen LogP contribution in [0.25, 0.3) is 0 Å². The molecule has 0 aromatic rings. The summed E-state index contributed by atoms with van der Waals surface area (Å²) < 4.78 is 20.2. The van der Waals surface area contributed by atoms with Crippen molar-refractivity contribution in [1.82, 2.24) is 0 Å². The minimum absolute atomic E-state index is 0. The van der Waals surface area contributed by atoms with Crippen LogP contribution < -0.4 is 0 Å². The van der Waals surface area contributed by atoms with Crippen molar-refractivity contribution in [3.05, 3.63) is 6.61 Å². The average molecular weight is 282 g/mol. The molecule has 0 aliphatic carbocycles. The molecule has 1 radical (unpaired) electrons. The Balaban J connectivity index is -0.0000000183. The maximum atomic E-state index is 10.8. The SMILES string of the molecule is C.C.C.C.C.C.CP1(=O)O[CH-]CCO1.[V]. The van der Waals surface area contributed by atoms with Crippen molar-refractivity contribution in [3.8, 4) is 0 Å². The quantitative estimate of drug-likeness (QED) is 0.451. The Morgan fingerprint density at radius 3 is 1.60 bits per heavy atom. The first-order valence-electron chi connectivity index (χ1n) is 2.43. The van der Waals surface area contributed by atoms with Gasteiger partial charge in [0, 0.05) is 31.8 Å². The van der Waals surface area contributed by atoms with Crippen LogP contribution in [0.5, 0.6) is 0 Å². The summed E-state index contributed by atoms with van der Waals surface area (Å²) in [5, 5.41) is 0. The molecule has 3 nitrogen and oxygen atoms in total. The fourth-order valence-electron chi connectivity index (χ4n) is 0.485. The molecule has 0 bridgehead atoms. The summed E-state index contributed by atoms with van der Waals surface area (Å²) in [6.45, 7) is 3.51. The fourth-order valence-corrected chi connectivity index (χ4v) is 1.36. The molecule has 1 fully saturated rings. The van der Waals surface area contributed by atoms with E-state index in [-0.39, 0.29) is 63.1 Å². The summed E-state index contributed by atoms with van der Waals surface area (Å²) in [5.41, 5.74) is 0. The number of rotatable bonds is 0. The zero-order valence-electron chi connectivity index (χ0n) is 5.11. The van der Waals surface area contributed by atoms with Crippen LogP contribution in [0.15, 0.2) is 0 Å². The summed E-state index contributed by atoms with van der Waals surface area (Å²) in [4.78, 5) is 0. The Bertz CT molecular complexity index is 122. The van der Waals surface area contributed by atoms with Crippen LogP contribution in [0.3, 0.4) is 0 Å². The molecule has 1 unspecified atom stereocenters. The Kier molecular flexibility index (Phi) is 60.3. The van der Waals surface area contributed by atoms with E-state index in [0.717, 1.165) is 6.42 Å². The van der Waals surface area contributed by atoms with Gasteiger partial charge in [-0.2, -0.15) is 6.61 Å². The first kappa shape index (κ1) is 44.8. The van der Waals surface area contributed by atoms with Gasteiger partial charge in [0.25, 0.3) is 7.60 Å². The van der Waals surface area contributed by atoms with Gasteiger partial charge in [-0.1, -0.05) is 44.6 Å². The topological polar surface area (TPSA) is 35.5 Å². The second-order valence-corrected chi connectivity index (χ2v) is 3.68. The molecule has 0 amide bonds. The van der Waals surface area contributed by atoms with E-state index >= 15 is 0 Å². The summed E-state index contributed by atoms with van der Waals surface area (Å²) >= 11 is 0. The molecule has 1 saturated heterocycles. The predicted octanol–water partition coefficient (Wildman–Crippen LogP) is 5.22. The van der Waals surface area contributed by atoms with Gasteiger partial charge in [-0.3, -0.25) is 4.57 Å². The third-order valence-corrected chi connectivity index (χ3v) is 2.01. The van der Waals surface area contributed by atoms with E-state index in [1.165, 1.54) is 13.3 Å². The third-order valence-electron chi connectivity index (χ3n) is 0.828. The van der Waals surface area contributed by atoms with E-state index in [0.29, 0.717) is 6.61 Å². The minimum atomic E-state index is -2.64. The van der Waals surface area contributed by atoms with Crippen LogP contribution in [0.1, 0.15) is 51.0 Å². The zero-order valence-corrected chi connectivity index (χ0v) is 7.40. The second-order valence-electron chi connectivity index (χ2n) is 1.67.